The molecule has 160 valence electrons. The zero-order valence-corrected chi connectivity index (χ0v) is 18.2. The van der Waals surface area contributed by atoms with E-state index in [4.69, 9.17) is 0 Å². The van der Waals surface area contributed by atoms with Crippen molar-refractivity contribution in [3.05, 3.63) is 0 Å². The molecule has 0 radical (unpaired) electrons. The Labute approximate surface area is 166 Å². The van der Waals surface area contributed by atoms with Crippen molar-refractivity contribution < 1.29 is 0 Å². The molecule has 26 heavy (non-hydrogen) atoms. The quantitative estimate of drug-likeness (QED) is 0.723. The van der Waals surface area contributed by atoms with Crippen LogP contribution in [0.5, 0.6) is 0 Å². The number of hydrogen-bond donors (Lipinski definition) is 0. The van der Waals surface area contributed by atoms with Gasteiger partial charge < -0.3 is 9.80 Å². The predicted octanol–water partition coefficient (Wildman–Crippen LogP) is 4.11. The molecule has 0 bridgehead atoms. The molecule has 0 amide bonds. The molecule has 4 nitrogen and oxygen atoms in total. The molecule has 0 unspecified atom stereocenters. The highest BCUT2D eigenvalue weighted by atomic mass is 15.3. The van der Waals surface area contributed by atoms with Crippen LogP contribution in [0.4, 0.5) is 0 Å². The van der Waals surface area contributed by atoms with Gasteiger partial charge in [0.25, 0.3) is 0 Å². The summed E-state index contributed by atoms with van der Waals surface area (Å²) in [4.78, 5) is 9.81. The fourth-order valence-corrected chi connectivity index (χ4v) is 3.55. The smallest absolute Gasteiger partial charge is 0.0229 e. The summed E-state index contributed by atoms with van der Waals surface area (Å²) in [6.07, 6.45) is 2.65. The number of rotatable bonds is 2. The molecule has 0 aromatic rings. The van der Waals surface area contributed by atoms with Crippen LogP contribution in [0.2, 0.25) is 0 Å². The molecule has 2 aliphatic rings. The largest absolute Gasteiger partial charge is 0.305 e. The number of likely N-dealkylation sites (tertiary alicyclic amines) is 2. The van der Waals surface area contributed by atoms with E-state index in [2.05, 4.69) is 89.3 Å². The Morgan fingerprint density at radius 2 is 0.885 bits per heavy atom. The van der Waals surface area contributed by atoms with Gasteiger partial charge in [0.15, 0.2) is 0 Å². The second-order valence-electron chi connectivity index (χ2n) is 10.0. The molecule has 0 aliphatic carbocycles. The Morgan fingerprint density at radius 1 is 0.615 bits per heavy atom. The van der Waals surface area contributed by atoms with E-state index in [9.17, 15) is 0 Å². The third-order valence-corrected chi connectivity index (χ3v) is 5.68. The molecule has 2 heterocycles. The van der Waals surface area contributed by atoms with Crippen molar-refractivity contribution in [3.63, 3.8) is 0 Å². The lowest BCUT2D eigenvalue weighted by atomic mass is 10.1. The van der Waals surface area contributed by atoms with Gasteiger partial charge in [-0.15, -0.1) is 0 Å². The van der Waals surface area contributed by atoms with Gasteiger partial charge in [-0.1, -0.05) is 14.9 Å². The van der Waals surface area contributed by atoms with E-state index in [1.54, 1.807) is 0 Å². The fraction of sp³-hybridized carbons (Fsp3) is 1.00. The highest BCUT2D eigenvalue weighted by molar-refractivity contribution is 4.88. The van der Waals surface area contributed by atoms with Crippen molar-refractivity contribution in [3.8, 4) is 0 Å². The van der Waals surface area contributed by atoms with Gasteiger partial charge in [0.1, 0.15) is 0 Å². The summed E-state index contributed by atoms with van der Waals surface area (Å²) in [6.45, 7) is 18.8. The normalized spacial score (nSPS) is 24.9. The van der Waals surface area contributed by atoms with Crippen LogP contribution in [-0.4, -0.2) is 97.1 Å². The molecule has 0 aromatic heterocycles. The molecule has 0 N–H and O–H groups in total. The van der Waals surface area contributed by atoms with Crippen LogP contribution in [0.3, 0.4) is 0 Å². The van der Waals surface area contributed by atoms with Gasteiger partial charge in [-0.25, -0.2) is 0 Å². The molecule has 0 aromatic carbocycles. The molecule has 0 saturated carbocycles. The minimum atomic E-state index is 0. The van der Waals surface area contributed by atoms with Crippen molar-refractivity contribution in [2.75, 3.05) is 54.4 Å². The van der Waals surface area contributed by atoms with Crippen LogP contribution in [0, 0.1) is 0 Å². The molecule has 2 saturated heterocycles. The minimum absolute atomic E-state index is 0. The summed E-state index contributed by atoms with van der Waals surface area (Å²) in [7, 11) is 8.71. The van der Waals surface area contributed by atoms with Gasteiger partial charge in [0.2, 0.25) is 0 Å². The Balaban J connectivity index is 0. The first-order valence-electron chi connectivity index (χ1n) is 9.65. The maximum absolute atomic E-state index is 2.57. The maximum Gasteiger partial charge on any atom is 0.0229 e. The van der Waals surface area contributed by atoms with Gasteiger partial charge in [0, 0.05) is 49.3 Å². The van der Waals surface area contributed by atoms with Crippen molar-refractivity contribution >= 4 is 0 Å². The Hall–Kier alpha value is -0.160. The van der Waals surface area contributed by atoms with Crippen molar-refractivity contribution in [1.82, 2.24) is 19.6 Å². The van der Waals surface area contributed by atoms with Gasteiger partial charge in [-0.3, -0.25) is 9.80 Å². The van der Waals surface area contributed by atoms with E-state index in [1.807, 2.05) is 0 Å². The number of nitrogens with zero attached hydrogens (tertiary/aromatic N) is 4. The minimum Gasteiger partial charge on any atom is -0.305 e. The average Bonchev–Trinajstić information content (AvgIpc) is 3.08. The first kappa shape index (κ1) is 28.1. The highest BCUT2D eigenvalue weighted by Gasteiger charge is 2.31. The highest BCUT2D eigenvalue weighted by Crippen LogP contribution is 2.23. The summed E-state index contributed by atoms with van der Waals surface area (Å²) < 4.78 is 0. The molecular formula is C22H52N4. The Bertz CT molecular complexity index is 329. The van der Waals surface area contributed by atoms with Crippen LogP contribution < -0.4 is 0 Å². The SMILES string of the molecule is C.C.CN(C)[C@@H]1CCN(C(C)(C)C)C1.CN(C)[C@H]1CCN(C(C)(C)C)C1. The topological polar surface area (TPSA) is 13.0 Å². The Kier molecular flexibility index (Phi) is 11.9. The third-order valence-electron chi connectivity index (χ3n) is 5.68. The maximum atomic E-state index is 2.57. The standard InChI is InChI=1S/2C10H22N2.2CH4/c2*1-10(2,3)12-7-6-9(8-12)11(4)5;;/h2*9H,6-8H2,1-5H3;2*1H4/t2*9-;;/m10../s1. The van der Waals surface area contributed by atoms with Crippen LogP contribution in [-0.2, 0) is 0 Å². The summed E-state index contributed by atoms with van der Waals surface area (Å²) >= 11 is 0. The molecule has 2 fully saturated rings. The molecule has 4 heteroatoms. The third kappa shape index (κ3) is 8.69. The van der Waals surface area contributed by atoms with Crippen molar-refractivity contribution in [2.24, 2.45) is 0 Å². The molecular weight excluding hydrogens is 320 g/mol. The first-order chi connectivity index (χ1) is 10.8. The second-order valence-corrected chi connectivity index (χ2v) is 10.0. The van der Waals surface area contributed by atoms with Gasteiger partial charge in [-0.05, 0) is 82.6 Å². The lowest BCUT2D eigenvalue weighted by Crippen LogP contribution is -2.41. The number of hydrogen-bond acceptors (Lipinski definition) is 4. The van der Waals surface area contributed by atoms with E-state index in [1.165, 1.54) is 39.0 Å². The average molecular weight is 373 g/mol. The van der Waals surface area contributed by atoms with Gasteiger partial charge in [-0.2, -0.15) is 0 Å². The molecule has 0 spiro atoms. The first-order valence-corrected chi connectivity index (χ1v) is 9.65. The second kappa shape index (κ2) is 11.0. The number of likely N-dealkylation sites (N-methyl/N-ethyl adjacent to an activating group) is 2. The van der Waals surface area contributed by atoms with E-state index in [-0.39, 0.29) is 14.9 Å². The molecule has 2 rings (SSSR count). The molecule has 2 aliphatic heterocycles. The zero-order valence-electron chi connectivity index (χ0n) is 18.2. The monoisotopic (exact) mass is 372 g/mol. The Morgan fingerprint density at radius 3 is 1.00 bits per heavy atom. The lowest BCUT2D eigenvalue weighted by Gasteiger charge is -2.32. The van der Waals surface area contributed by atoms with Crippen molar-refractivity contribution in [2.45, 2.75) is 92.4 Å². The fourth-order valence-electron chi connectivity index (χ4n) is 3.55. The van der Waals surface area contributed by atoms with E-state index in [0.717, 1.165) is 12.1 Å². The summed E-state index contributed by atoms with van der Waals surface area (Å²) in [5, 5.41) is 0. The van der Waals surface area contributed by atoms with Crippen LogP contribution in [0.15, 0.2) is 0 Å². The molecule has 2 atom stereocenters. The summed E-state index contributed by atoms with van der Waals surface area (Å²) in [5.41, 5.74) is 0.704. The van der Waals surface area contributed by atoms with Crippen LogP contribution in [0.1, 0.15) is 69.2 Å². The summed E-state index contributed by atoms with van der Waals surface area (Å²) in [6, 6.07) is 1.54. The van der Waals surface area contributed by atoms with Gasteiger partial charge >= 0.3 is 0 Å². The van der Waals surface area contributed by atoms with E-state index >= 15 is 0 Å². The lowest BCUT2D eigenvalue weighted by molar-refractivity contribution is 0.159. The van der Waals surface area contributed by atoms with Crippen LogP contribution >= 0.6 is 0 Å². The van der Waals surface area contributed by atoms with Crippen LogP contribution in [0.25, 0.3) is 0 Å². The zero-order chi connectivity index (χ0) is 18.7. The van der Waals surface area contributed by atoms with Crippen molar-refractivity contribution in [1.29, 1.82) is 0 Å². The van der Waals surface area contributed by atoms with E-state index < -0.39 is 0 Å². The van der Waals surface area contributed by atoms with E-state index in [0.29, 0.717) is 11.1 Å². The van der Waals surface area contributed by atoms with Gasteiger partial charge in [0.05, 0.1) is 0 Å². The predicted molar refractivity (Wildman–Crippen MR) is 120 cm³/mol. The summed E-state index contributed by atoms with van der Waals surface area (Å²) in [5.74, 6) is 0.